The molecule has 0 unspecified atom stereocenters. The number of nitrogens with two attached hydrogens (primary N) is 1. The van der Waals surface area contributed by atoms with E-state index in [2.05, 4.69) is 9.97 Å². The molecule has 0 saturated carbocycles. The van der Waals surface area contributed by atoms with Gasteiger partial charge in [-0.05, 0) is 0 Å². The SMILES string of the molecule is COCc1cnc(OC)nc1N. The number of rotatable bonds is 3. The van der Waals surface area contributed by atoms with E-state index in [0.29, 0.717) is 12.4 Å². The zero-order chi connectivity index (χ0) is 8.97. The summed E-state index contributed by atoms with van der Waals surface area (Å²) >= 11 is 0. The molecule has 1 aromatic heterocycles. The van der Waals surface area contributed by atoms with E-state index in [4.69, 9.17) is 15.2 Å². The van der Waals surface area contributed by atoms with Crippen LogP contribution in [0.25, 0.3) is 0 Å². The Morgan fingerprint density at radius 3 is 2.75 bits per heavy atom. The van der Waals surface area contributed by atoms with Gasteiger partial charge in [0.1, 0.15) is 5.82 Å². The Balaban J connectivity index is 2.87. The molecule has 1 aromatic rings. The van der Waals surface area contributed by atoms with Gasteiger partial charge < -0.3 is 15.2 Å². The fourth-order valence-electron chi connectivity index (χ4n) is 0.768. The first-order valence-corrected chi connectivity index (χ1v) is 3.42. The monoisotopic (exact) mass is 169 g/mol. The third-order valence-electron chi connectivity index (χ3n) is 1.36. The summed E-state index contributed by atoms with van der Waals surface area (Å²) in [6, 6.07) is 0.271. The Morgan fingerprint density at radius 2 is 2.25 bits per heavy atom. The lowest BCUT2D eigenvalue weighted by atomic mass is 10.3. The first kappa shape index (κ1) is 8.73. The number of ether oxygens (including phenoxy) is 2. The van der Waals surface area contributed by atoms with E-state index < -0.39 is 0 Å². The van der Waals surface area contributed by atoms with Crippen LogP contribution in [0.4, 0.5) is 5.82 Å². The van der Waals surface area contributed by atoms with E-state index in [1.807, 2.05) is 0 Å². The van der Waals surface area contributed by atoms with Gasteiger partial charge in [-0.1, -0.05) is 0 Å². The van der Waals surface area contributed by atoms with Crippen LogP contribution in [0.1, 0.15) is 5.56 Å². The van der Waals surface area contributed by atoms with Crippen LogP contribution in [0.3, 0.4) is 0 Å². The molecule has 0 aliphatic carbocycles. The van der Waals surface area contributed by atoms with Gasteiger partial charge in [-0.15, -0.1) is 0 Å². The van der Waals surface area contributed by atoms with Gasteiger partial charge in [0, 0.05) is 18.9 Å². The minimum atomic E-state index is 0.271. The predicted molar refractivity (Wildman–Crippen MR) is 43.7 cm³/mol. The second kappa shape index (κ2) is 3.87. The molecule has 0 saturated heterocycles. The van der Waals surface area contributed by atoms with Gasteiger partial charge in [0.15, 0.2) is 0 Å². The maximum Gasteiger partial charge on any atom is 0.318 e. The van der Waals surface area contributed by atoms with Crippen LogP contribution in [0, 0.1) is 0 Å². The Kier molecular flexibility index (Phi) is 2.82. The maximum absolute atomic E-state index is 5.57. The van der Waals surface area contributed by atoms with Crippen molar-refractivity contribution in [2.24, 2.45) is 0 Å². The first-order chi connectivity index (χ1) is 5.77. The summed E-state index contributed by atoms with van der Waals surface area (Å²) in [7, 11) is 3.08. The van der Waals surface area contributed by atoms with Gasteiger partial charge in [-0.2, -0.15) is 4.98 Å². The van der Waals surface area contributed by atoms with Crippen molar-refractivity contribution < 1.29 is 9.47 Å². The number of hydrogen-bond donors (Lipinski definition) is 1. The molecule has 0 atom stereocenters. The molecule has 0 bridgehead atoms. The van der Waals surface area contributed by atoms with Crippen molar-refractivity contribution in [2.45, 2.75) is 6.61 Å². The minimum Gasteiger partial charge on any atom is -0.467 e. The molecule has 0 aliphatic rings. The highest BCUT2D eigenvalue weighted by Crippen LogP contribution is 2.11. The quantitative estimate of drug-likeness (QED) is 0.700. The maximum atomic E-state index is 5.57. The van der Waals surface area contributed by atoms with Crippen molar-refractivity contribution in [3.05, 3.63) is 11.8 Å². The molecule has 5 nitrogen and oxygen atoms in total. The van der Waals surface area contributed by atoms with Crippen LogP contribution < -0.4 is 10.5 Å². The number of aromatic nitrogens is 2. The van der Waals surface area contributed by atoms with Gasteiger partial charge in [-0.3, -0.25) is 0 Å². The van der Waals surface area contributed by atoms with E-state index in [-0.39, 0.29) is 6.01 Å². The highest BCUT2D eigenvalue weighted by molar-refractivity contribution is 5.37. The van der Waals surface area contributed by atoms with Gasteiger partial charge in [-0.25, -0.2) is 4.98 Å². The molecule has 0 aliphatic heterocycles. The third-order valence-corrected chi connectivity index (χ3v) is 1.36. The summed E-state index contributed by atoms with van der Waals surface area (Å²) in [5, 5.41) is 0. The second-order valence-electron chi connectivity index (χ2n) is 2.20. The lowest BCUT2D eigenvalue weighted by Crippen LogP contribution is -2.02. The number of methoxy groups -OCH3 is 2. The summed E-state index contributed by atoms with van der Waals surface area (Å²) in [6.07, 6.45) is 1.59. The Morgan fingerprint density at radius 1 is 1.50 bits per heavy atom. The summed E-state index contributed by atoms with van der Waals surface area (Å²) in [5.41, 5.74) is 6.33. The van der Waals surface area contributed by atoms with Crippen LogP contribution in [-0.4, -0.2) is 24.2 Å². The van der Waals surface area contributed by atoms with E-state index in [1.54, 1.807) is 13.3 Å². The fraction of sp³-hybridized carbons (Fsp3) is 0.429. The van der Waals surface area contributed by atoms with Gasteiger partial charge in [0.2, 0.25) is 0 Å². The zero-order valence-electron chi connectivity index (χ0n) is 7.07. The molecule has 0 radical (unpaired) electrons. The molecule has 1 heterocycles. The Hall–Kier alpha value is -1.36. The molecular weight excluding hydrogens is 158 g/mol. The van der Waals surface area contributed by atoms with E-state index in [0.717, 1.165) is 5.56 Å². The van der Waals surface area contributed by atoms with Crippen molar-refractivity contribution in [3.63, 3.8) is 0 Å². The Bertz CT molecular complexity index is 265. The molecule has 2 N–H and O–H groups in total. The first-order valence-electron chi connectivity index (χ1n) is 3.42. The van der Waals surface area contributed by atoms with Gasteiger partial charge >= 0.3 is 6.01 Å². The third kappa shape index (κ3) is 1.82. The number of nitrogen functional groups attached to an aromatic ring is 1. The molecule has 0 fully saturated rings. The minimum absolute atomic E-state index is 0.271. The van der Waals surface area contributed by atoms with Crippen molar-refractivity contribution in [3.8, 4) is 6.01 Å². The predicted octanol–water partition coefficient (Wildman–Crippen LogP) is 0.214. The molecule has 1 rings (SSSR count). The number of hydrogen-bond acceptors (Lipinski definition) is 5. The highest BCUT2D eigenvalue weighted by atomic mass is 16.5. The van der Waals surface area contributed by atoms with E-state index in [1.165, 1.54) is 7.11 Å². The highest BCUT2D eigenvalue weighted by Gasteiger charge is 2.02. The zero-order valence-corrected chi connectivity index (χ0v) is 7.07. The molecule has 66 valence electrons. The summed E-state index contributed by atoms with van der Waals surface area (Å²) in [5.74, 6) is 0.392. The van der Waals surface area contributed by atoms with Gasteiger partial charge in [0.25, 0.3) is 0 Å². The summed E-state index contributed by atoms with van der Waals surface area (Å²) in [4.78, 5) is 7.76. The second-order valence-corrected chi connectivity index (χ2v) is 2.20. The van der Waals surface area contributed by atoms with Crippen LogP contribution in [0.15, 0.2) is 6.20 Å². The average Bonchev–Trinajstić information content (AvgIpc) is 2.09. The molecule has 12 heavy (non-hydrogen) atoms. The summed E-state index contributed by atoms with van der Waals surface area (Å²) in [6.45, 7) is 0.413. The lowest BCUT2D eigenvalue weighted by Gasteiger charge is -2.03. The standard InChI is InChI=1S/C7H11N3O2/c1-11-4-5-3-9-7(12-2)10-6(5)8/h3H,4H2,1-2H3,(H2,8,9,10). The largest absolute Gasteiger partial charge is 0.467 e. The lowest BCUT2D eigenvalue weighted by molar-refractivity contribution is 0.184. The smallest absolute Gasteiger partial charge is 0.318 e. The van der Waals surface area contributed by atoms with Crippen molar-refractivity contribution >= 4 is 5.82 Å². The normalized spacial score (nSPS) is 9.83. The van der Waals surface area contributed by atoms with E-state index >= 15 is 0 Å². The van der Waals surface area contributed by atoms with Crippen LogP contribution in [-0.2, 0) is 11.3 Å². The average molecular weight is 169 g/mol. The molecule has 0 aromatic carbocycles. The fourth-order valence-corrected chi connectivity index (χ4v) is 0.768. The number of nitrogens with zero attached hydrogens (tertiary/aromatic N) is 2. The molecule has 0 amide bonds. The molecular formula is C7H11N3O2. The number of anilines is 1. The van der Waals surface area contributed by atoms with E-state index in [9.17, 15) is 0 Å². The topological polar surface area (TPSA) is 70.3 Å². The molecule has 0 spiro atoms. The van der Waals surface area contributed by atoms with Gasteiger partial charge in [0.05, 0.1) is 13.7 Å². The molecule has 5 heteroatoms. The van der Waals surface area contributed by atoms with Crippen LogP contribution >= 0.6 is 0 Å². The Labute approximate surface area is 70.5 Å². The van der Waals surface area contributed by atoms with Crippen LogP contribution in [0.5, 0.6) is 6.01 Å². The van der Waals surface area contributed by atoms with Crippen molar-refractivity contribution in [1.82, 2.24) is 9.97 Å². The van der Waals surface area contributed by atoms with Crippen LogP contribution in [0.2, 0.25) is 0 Å². The van der Waals surface area contributed by atoms with Crippen molar-refractivity contribution in [2.75, 3.05) is 20.0 Å². The van der Waals surface area contributed by atoms with Crippen molar-refractivity contribution in [1.29, 1.82) is 0 Å². The summed E-state index contributed by atoms with van der Waals surface area (Å²) < 4.78 is 9.67.